The molecule has 3 atom stereocenters. The van der Waals surface area contributed by atoms with Crippen molar-refractivity contribution in [2.45, 2.75) is 32.5 Å². The average Bonchev–Trinajstić information content (AvgIpc) is 2.29. The predicted molar refractivity (Wildman–Crippen MR) is 64.5 cm³/mol. The van der Waals surface area contributed by atoms with E-state index >= 15 is 0 Å². The average molecular weight is 228 g/mol. The summed E-state index contributed by atoms with van der Waals surface area (Å²) in [5.74, 6) is 0.437. The number of hydrogen-bond acceptors (Lipinski definition) is 3. The summed E-state index contributed by atoms with van der Waals surface area (Å²) in [6.45, 7) is 5.07. The van der Waals surface area contributed by atoms with Crippen LogP contribution in [0.15, 0.2) is 12.2 Å². The van der Waals surface area contributed by atoms with Crippen LogP contribution in [0.5, 0.6) is 0 Å². The van der Waals surface area contributed by atoms with Gasteiger partial charge in [-0.25, -0.2) is 0 Å². The van der Waals surface area contributed by atoms with Crippen LogP contribution in [0.4, 0.5) is 0 Å². The van der Waals surface area contributed by atoms with E-state index in [0.717, 1.165) is 6.42 Å². The van der Waals surface area contributed by atoms with Crippen molar-refractivity contribution < 1.29 is 14.2 Å². The zero-order chi connectivity index (χ0) is 12.2. The second-order valence-corrected chi connectivity index (χ2v) is 4.74. The van der Waals surface area contributed by atoms with Crippen molar-refractivity contribution in [3.8, 4) is 0 Å². The minimum atomic E-state index is -0.0903. The molecule has 1 aliphatic carbocycles. The zero-order valence-electron chi connectivity index (χ0n) is 11.0. The zero-order valence-corrected chi connectivity index (χ0v) is 11.0. The molecule has 0 aromatic carbocycles. The molecule has 0 aromatic rings. The van der Waals surface area contributed by atoms with Crippen LogP contribution in [-0.4, -0.2) is 40.1 Å². The highest BCUT2D eigenvalue weighted by molar-refractivity contribution is 5.12. The minimum Gasteiger partial charge on any atom is -0.384 e. The third kappa shape index (κ3) is 2.17. The summed E-state index contributed by atoms with van der Waals surface area (Å²) in [4.78, 5) is 0. The van der Waals surface area contributed by atoms with Gasteiger partial charge >= 0.3 is 0 Å². The van der Waals surface area contributed by atoms with Gasteiger partial charge in [0.25, 0.3) is 0 Å². The van der Waals surface area contributed by atoms with E-state index in [1.807, 2.05) is 0 Å². The Balaban J connectivity index is 3.08. The molecule has 0 bridgehead atoms. The summed E-state index contributed by atoms with van der Waals surface area (Å²) in [5.41, 5.74) is -0.0903. The van der Waals surface area contributed by atoms with Crippen molar-refractivity contribution in [2.75, 3.05) is 27.9 Å². The molecule has 0 radical (unpaired) electrons. The fraction of sp³-hybridized carbons (Fsp3) is 0.846. The van der Waals surface area contributed by atoms with Crippen molar-refractivity contribution in [2.24, 2.45) is 11.3 Å². The molecule has 1 rings (SSSR count). The summed E-state index contributed by atoms with van der Waals surface area (Å²) >= 11 is 0. The van der Waals surface area contributed by atoms with Gasteiger partial charge in [-0.05, 0) is 12.3 Å². The Morgan fingerprint density at radius 1 is 1.25 bits per heavy atom. The third-order valence-corrected chi connectivity index (χ3v) is 3.80. The molecule has 0 fully saturated rings. The lowest BCUT2D eigenvalue weighted by atomic mass is 9.65. The lowest BCUT2D eigenvalue weighted by molar-refractivity contribution is -0.144. The van der Waals surface area contributed by atoms with E-state index in [4.69, 9.17) is 14.2 Å². The van der Waals surface area contributed by atoms with Gasteiger partial charge < -0.3 is 14.2 Å². The van der Waals surface area contributed by atoms with Crippen LogP contribution in [-0.2, 0) is 14.2 Å². The molecular weight excluding hydrogens is 204 g/mol. The van der Waals surface area contributed by atoms with Gasteiger partial charge in [-0.3, -0.25) is 0 Å². The fourth-order valence-corrected chi connectivity index (χ4v) is 2.81. The molecule has 94 valence electrons. The first-order valence-corrected chi connectivity index (χ1v) is 5.84. The van der Waals surface area contributed by atoms with E-state index in [0.29, 0.717) is 12.5 Å². The Morgan fingerprint density at radius 2 is 1.94 bits per heavy atom. The van der Waals surface area contributed by atoms with Crippen LogP contribution in [0.2, 0.25) is 0 Å². The van der Waals surface area contributed by atoms with E-state index in [2.05, 4.69) is 26.0 Å². The van der Waals surface area contributed by atoms with Gasteiger partial charge in [0.05, 0.1) is 24.2 Å². The Kier molecular flexibility index (Phi) is 4.96. The maximum Gasteiger partial charge on any atom is 0.0857 e. The van der Waals surface area contributed by atoms with Crippen molar-refractivity contribution in [3.05, 3.63) is 12.2 Å². The summed E-state index contributed by atoms with van der Waals surface area (Å²) in [6, 6.07) is 0. The van der Waals surface area contributed by atoms with E-state index in [-0.39, 0.29) is 17.6 Å². The molecule has 3 heteroatoms. The first kappa shape index (κ1) is 13.7. The highest BCUT2D eigenvalue weighted by Gasteiger charge is 2.49. The molecule has 1 aliphatic rings. The quantitative estimate of drug-likeness (QED) is 0.676. The number of rotatable bonds is 5. The fourth-order valence-electron chi connectivity index (χ4n) is 2.81. The molecule has 3 unspecified atom stereocenters. The van der Waals surface area contributed by atoms with Gasteiger partial charge in [0.2, 0.25) is 0 Å². The van der Waals surface area contributed by atoms with Gasteiger partial charge in [0, 0.05) is 21.3 Å². The molecule has 0 spiro atoms. The first-order chi connectivity index (χ1) is 7.63. The van der Waals surface area contributed by atoms with E-state index in [9.17, 15) is 0 Å². The maximum atomic E-state index is 5.64. The summed E-state index contributed by atoms with van der Waals surface area (Å²) in [7, 11) is 5.26. The largest absolute Gasteiger partial charge is 0.384 e. The van der Waals surface area contributed by atoms with Crippen LogP contribution < -0.4 is 0 Å². The third-order valence-electron chi connectivity index (χ3n) is 3.80. The standard InChI is InChI=1S/C13H24O3/c1-10(2)13(9-14-3)11(15-4)7-6-8-12(13)16-5/h6-7,10-12H,8-9H2,1-5H3. The Hall–Kier alpha value is -0.380. The van der Waals surface area contributed by atoms with Gasteiger partial charge in [0.15, 0.2) is 0 Å². The smallest absolute Gasteiger partial charge is 0.0857 e. The maximum absolute atomic E-state index is 5.64. The molecule has 0 saturated carbocycles. The molecule has 0 N–H and O–H groups in total. The lowest BCUT2D eigenvalue weighted by Crippen LogP contribution is -2.54. The van der Waals surface area contributed by atoms with E-state index in [1.165, 1.54) is 0 Å². The van der Waals surface area contributed by atoms with Gasteiger partial charge in [-0.15, -0.1) is 0 Å². The van der Waals surface area contributed by atoms with Crippen LogP contribution >= 0.6 is 0 Å². The summed E-state index contributed by atoms with van der Waals surface area (Å²) in [5, 5.41) is 0. The number of hydrogen-bond donors (Lipinski definition) is 0. The second-order valence-electron chi connectivity index (χ2n) is 4.74. The number of methoxy groups -OCH3 is 3. The van der Waals surface area contributed by atoms with Crippen molar-refractivity contribution in [3.63, 3.8) is 0 Å². The molecule has 0 heterocycles. The summed E-state index contributed by atoms with van der Waals surface area (Å²) in [6.07, 6.45) is 5.42. The molecule has 0 saturated heterocycles. The van der Waals surface area contributed by atoms with Gasteiger partial charge in [0.1, 0.15) is 0 Å². The van der Waals surface area contributed by atoms with Gasteiger partial charge in [-0.1, -0.05) is 26.0 Å². The Labute approximate surface area is 98.8 Å². The molecule has 3 nitrogen and oxygen atoms in total. The first-order valence-electron chi connectivity index (χ1n) is 5.84. The monoisotopic (exact) mass is 228 g/mol. The highest BCUT2D eigenvalue weighted by atomic mass is 16.5. The van der Waals surface area contributed by atoms with E-state index < -0.39 is 0 Å². The second kappa shape index (κ2) is 5.80. The minimum absolute atomic E-state index is 0.0612. The SMILES string of the molecule is COCC1(C(C)C)C(OC)C=CCC1OC. The Morgan fingerprint density at radius 3 is 2.38 bits per heavy atom. The number of ether oxygens (including phenoxy) is 3. The van der Waals surface area contributed by atoms with Crippen molar-refractivity contribution in [1.82, 2.24) is 0 Å². The van der Waals surface area contributed by atoms with Crippen LogP contribution in [0, 0.1) is 11.3 Å². The van der Waals surface area contributed by atoms with Crippen LogP contribution in [0.25, 0.3) is 0 Å². The predicted octanol–water partition coefficient (Wildman–Crippen LogP) is 2.27. The van der Waals surface area contributed by atoms with E-state index in [1.54, 1.807) is 21.3 Å². The van der Waals surface area contributed by atoms with Crippen LogP contribution in [0.3, 0.4) is 0 Å². The van der Waals surface area contributed by atoms with Crippen LogP contribution in [0.1, 0.15) is 20.3 Å². The molecule has 0 aromatic heterocycles. The molecule has 0 aliphatic heterocycles. The molecule has 0 amide bonds. The van der Waals surface area contributed by atoms with Crippen molar-refractivity contribution in [1.29, 1.82) is 0 Å². The van der Waals surface area contributed by atoms with Crippen molar-refractivity contribution >= 4 is 0 Å². The normalized spacial score (nSPS) is 34.6. The Bertz CT molecular complexity index is 237. The van der Waals surface area contributed by atoms with Gasteiger partial charge in [-0.2, -0.15) is 0 Å². The summed E-state index contributed by atoms with van der Waals surface area (Å²) < 4.78 is 16.7. The topological polar surface area (TPSA) is 27.7 Å². The molecular formula is C13H24O3. The molecule has 16 heavy (non-hydrogen) atoms. The highest BCUT2D eigenvalue weighted by Crippen LogP contribution is 2.43. The lowest BCUT2D eigenvalue weighted by Gasteiger charge is -2.48.